The third-order valence-corrected chi connectivity index (χ3v) is 5.53. The number of hydrogen-bond donors (Lipinski definition) is 2. The molecule has 0 fully saturated rings. The number of halogens is 1. The summed E-state index contributed by atoms with van der Waals surface area (Å²) in [6, 6.07) is 12.9. The van der Waals surface area contributed by atoms with Gasteiger partial charge < -0.3 is 10.6 Å². The molecule has 1 atom stereocenters. The fourth-order valence-electron chi connectivity index (χ4n) is 2.99. The molecular formula is C21H18ClN5O2S. The summed E-state index contributed by atoms with van der Waals surface area (Å²) in [6.07, 6.45) is 1.90. The first kappa shape index (κ1) is 20.1. The van der Waals surface area contributed by atoms with Crippen LogP contribution in [-0.4, -0.2) is 34.2 Å². The molecule has 0 radical (unpaired) electrons. The Morgan fingerprint density at radius 2 is 1.73 bits per heavy atom. The number of aryl methyl sites for hydroxylation is 1. The predicted octanol–water partition coefficient (Wildman–Crippen LogP) is 5.00. The van der Waals surface area contributed by atoms with Crippen LogP contribution in [0.1, 0.15) is 11.4 Å². The fourth-order valence-corrected chi connectivity index (χ4v) is 3.74. The van der Waals surface area contributed by atoms with Crippen LogP contribution in [0.25, 0.3) is 11.3 Å². The lowest BCUT2D eigenvalue weighted by molar-refractivity contribution is -0.119. The van der Waals surface area contributed by atoms with Gasteiger partial charge in [-0.1, -0.05) is 23.7 Å². The van der Waals surface area contributed by atoms with Crippen molar-refractivity contribution in [1.29, 1.82) is 0 Å². The molecule has 152 valence electrons. The van der Waals surface area contributed by atoms with E-state index < -0.39 is 12.1 Å². The number of anilines is 2. The molecule has 0 aliphatic carbocycles. The molecule has 0 bridgehead atoms. The zero-order valence-corrected chi connectivity index (χ0v) is 17.6. The van der Waals surface area contributed by atoms with Gasteiger partial charge in [0.25, 0.3) is 0 Å². The summed E-state index contributed by atoms with van der Waals surface area (Å²) in [6.45, 7) is 1.96. The highest BCUT2D eigenvalue weighted by Crippen LogP contribution is 2.24. The minimum Gasteiger partial charge on any atom is -0.324 e. The van der Waals surface area contributed by atoms with Crippen LogP contribution in [0, 0.1) is 6.92 Å². The number of nitrogens with one attached hydrogen (secondary N) is 2. The van der Waals surface area contributed by atoms with E-state index in [0.717, 1.165) is 21.3 Å². The Kier molecular flexibility index (Phi) is 5.78. The smallest absolute Gasteiger partial charge is 0.324 e. The Morgan fingerprint density at radius 3 is 2.40 bits per heavy atom. The molecule has 1 aliphatic heterocycles. The van der Waals surface area contributed by atoms with E-state index in [-0.39, 0.29) is 5.91 Å². The van der Waals surface area contributed by atoms with Crippen molar-refractivity contribution in [3.05, 3.63) is 63.9 Å². The SMILES string of the molecule is Cc1nc(-c2ccc(NC(=O)C3CC=NN3C(=O)Nc3ccc(Cl)cc3)cc2)cs1. The number of carbonyl (C=O) groups excluding carboxylic acids is 2. The van der Waals surface area contributed by atoms with E-state index in [1.807, 2.05) is 36.6 Å². The molecule has 4 rings (SSSR count). The Balaban J connectivity index is 1.40. The van der Waals surface area contributed by atoms with Gasteiger partial charge in [-0.3, -0.25) is 4.79 Å². The van der Waals surface area contributed by atoms with Gasteiger partial charge in [-0.25, -0.2) is 14.8 Å². The summed E-state index contributed by atoms with van der Waals surface area (Å²) < 4.78 is 0. The van der Waals surface area contributed by atoms with Crippen molar-refractivity contribution in [2.75, 3.05) is 10.6 Å². The van der Waals surface area contributed by atoms with Crippen LogP contribution < -0.4 is 10.6 Å². The molecule has 1 unspecified atom stereocenters. The molecule has 1 aliphatic rings. The van der Waals surface area contributed by atoms with Crippen LogP contribution in [0.2, 0.25) is 5.02 Å². The maximum Gasteiger partial charge on any atom is 0.343 e. The van der Waals surface area contributed by atoms with E-state index in [9.17, 15) is 9.59 Å². The van der Waals surface area contributed by atoms with E-state index in [0.29, 0.717) is 22.8 Å². The zero-order chi connectivity index (χ0) is 21.1. The number of amides is 3. The van der Waals surface area contributed by atoms with E-state index >= 15 is 0 Å². The maximum absolute atomic E-state index is 12.7. The highest BCUT2D eigenvalue weighted by atomic mass is 35.5. The maximum atomic E-state index is 12.7. The second-order valence-corrected chi connectivity index (χ2v) is 8.15. The number of thiazole rings is 1. The number of hydrogen-bond acceptors (Lipinski definition) is 5. The van der Waals surface area contributed by atoms with Gasteiger partial charge >= 0.3 is 6.03 Å². The highest BCUT2D eigenvalue weighted by Gasteiger charge is 2.33. The van der Waals surface area contributed by atoms with Crippen molar-refractivity contribution in [2.24, 2.45) is 5.10 Å². The number of rotatable bonds is 4. The average Bonchev–Trinajstić information content (AvgIpc) is 3.40. The number of urea groups is 1. The minimum atomic E-state index is -0.724. The van der Waals surface area contributed by atoms with Gasteiger partial charge in [0.05, 0.1) is 10.7 Å². The predicted molar refractivity (Wildman–Crippen MR) is 120 cm³/mol. The standard InChI is InChI=1S/C21H18ClN5O2S/c1-13-24-18(12-30-13)14-2-6-16(7-3-14)25-20(28)19-10-11-23-27(19)21(29)26-17-8-4-15(22)5-9-17/h2-9,11-12,19H,10H2,1H3,(H,25,28)(H,26,29). The van der Waals surface area contributed by atoms with Crippen LogP contribution in [0.4, 0.5) is 16.2 Å². The third-order valence-electron chi connectivity index (χ3n) is 4.50. The lowest BCUT2D eigenvalue weighted by Crippen LogP contribution is -2.43. The van der Waals surface area contributed by atoms with Gasteiger partial charge in [0.1, 0.15) is 6.04 Å². The average molecular weight is 440 g/mol. The number of benzene rings is 2. The largest absolute Gasteiger partial charge is 0.343 e. The van der Waals surface area contributed by atoms with Crippen molar-refractivity contribution in [2.45, 2.75) is 19.4 Å². The molecule has 0 saturated heterocycles. The quantitative estimate of drug-likeness (QED) is 0.599. The van der Waals surface area contributed by atoms with Gasteiger partial charge in [-0.05, 0) is 43.3 Å². The molecule has 9 heteroatoms. The Bertz CT molecular complexity index is 1100. The van der Waals surface area contributed by atoms with Crippen LogP contribution in [0.15, 0.2) is 59.0 Å². The molecule has 7 nitrogen and oxygen atoms in total. The summed E-state index contributed by atoms with van der Waals surface area (Å²) in [5.74, 6) is -0.309. The summed E-state index contributed by atoms with van der Waals surface area (Å²) in [5.41, 5.74) is 3.09. The van der Waals surface area contributed by atoms with Crippen LogP contribution in [0.5, 0.6) is 0 Å². The van der Waals surface area contributed by atoms with Crippen molar-refractivity contribution >= 4 is 52.5 Å². The Morgan fingerprint density at radius 1 is 1.07 bits per heavy atom. The molecule has 3 aromatic rings. The fraction of sp³-hybridized carbons (Fsp3) is 0.143. The minimum absolute atomic E-state index is 0.309. The molecule has 2 heterocycles. The van der Waals surface area contributed by atoms with E-state index in [4.69, 9.17) is 11.6 Å². The van der Waals surface area contributed by atoms with Gasteiger partial charge in [0, 0.05) is 40.0 Å². The first-order chi connectivity index (χ1) is 14.5. The highest BCUT2D eigenvalue weighted by molar-refractivity contribution is 7.09. The van der Waals surface area contributed by atoms with Gasteiger partial charge in [0.15, 0.2) is 0 Å². The van der Waals surface area contributed by atoms with Crippen LogP contribution in [0.3, 0.4) is 0 Å². The monoisotopic (exact) mass is 439 g/mol. The second kappa shape index (κ2) is 8.64. The molecule has 30 heavy (non-hydrogen) atoms. The number of nitrogens with zero attached hydrogens (tertiary/aromatic N) is 3. The lowest BCUT2D eigenvalue weighted by Gasteiger charge is -2.21. The normalized spacial score (nSPS) is 15.3. The molecule has 0 saturated carbocycles. The summed E-state index contributed by atoms with van der Waals surface area (Å²) in [7, 11) is 0. The summed E-state index contributed by atoms with van der Waals surface area (Å²) in [5, 5.41) is 14.3. The zero-order valence-electron chi connectivity index (χ0n) is 16.0. The first-order valence-corrected chi connectivity index (χ1v) is 10.5. The lowest BCUT2D eigenvalue weighted by atomic mass is 10.1. The molecule has 0 spiro atoms. The molecule has 2 N–H and O–H groups in total. The molecule has 1 aromatic heterocycles. The van der Waals surface area contributed by atoms with Gasteiger partial charge in [-0.15, -0.1) is 11.3 Å². The van der Waals surface area contributed by atoms with Crippen molar-refractivity contribution in [1.82, 2.24) is 9.99 Å². The van der Waals surface area contributed by atoms with Crippen LogP contribution in [-0.2, 0) is 4.79 Å². The van der Waals surface area contributed by atoms with E-state index in [1.165, 1.54) is 0 Å². The number of carbonyl (C=O) groups is 2. The van der Waals surface area contributed by atoms with E-state index in [1.54, 1.807) is 41.8 Å². The Labute approximate surface area is 182 Å². The van der Waals surface area contributed by atoms with Crippen LogP contribution >= 0.6 is 22.9 Å². The van der Waals surface area contributed by atoms with Gasteiger partial charge in [0.2, 0.25) is 5.91 Å². The molecular weight excluding hydrogens is 422 g/mol. The van der Waals surface area contributed by atoms with Crippen molar-refractivity contribution in [3.63, 3.8) is 0 Å². The number of aromatic nitrogens is 1. The Hall–Kier alpha value is -3.23. The van der Waals surface area contributed by atoms with Crippen molar-refractivity contribution < 1.29 is 9.59 Å². The van der Waals surface area contributed by atoms with Crippen molar-refractivity contribution in [3.8, 4) is 11.3 Å². The summed E-state index contributed by atoms with van der Waals surface area (Å²) >= 11 is 7.45. The molecule has 3 amide bonds. The third kappa shape index (κ3) is 4.50. The first-order valence-electron chi connectivity index (χ1n) is 9.21. The summed E-state index contributed by atoms with van der Waals surface area (Å²) in [4.78, 5) is 29.8. The van der Waals surface area contributed by atoms with Gasteiger partial charge in [-0.2, -0.15) is 5.10 Å². The molecule has 2 aromatic carbocycles. The van der Waals surface area contributed by atoms with E-state index in [2.05, 4.69) is 20.7 Å². The second-order valence-electron chi connectivity index (χ2n) is 6.65. The number of hydrazone groups is 1. The topological polar surface area (TPSA) is 86.7 Å².